The molecule has 0 radical (unpaired) electrons. The van der Waals surface area contributed by atoms with Gasteiger partial charge in [-0.25, -0.2) is 0 Å². The standard InChI is InChI=1S/C31H50O/c1-3-5-7-9-27-25-13-21-11-22(14-25)18-30(27,17-21)29(32)31-19-23-12-24(20-31)16-26(15-23)28(31)10-8-6-4-2/h21-28H,3-20H2,1-2H3. The van der Waals surface area contributed by atoms with Crippen LogP contribution in [0.1, 0.15) is 129 Å². The van der Waals surface area contributed by atoms with Crippen LogP contribution in [0.25, 0.3) is 0 Å². The van der Waals surface area contributed by atoms with E-state index in [2.05, 4.69) is 13.8 Å². The molecule has 0 saturated heterocycles. The van der Waals surface area contributed by atoms with E-state index in [9.17, 15) is 0 Å². The zero-order valence-corrected chi connectivity index (χ0v) is 21.3. The minimum atomic E-state index is 0.108. The summed E-state index contributed by atoms with van der Waals surface area (Å²) in [5, 5.41) is 0. The van der Waals surface area contributed by atoms with Crippen molar-refractivity contribution in [2.45, 2.75) is 129 Å². The molecule has 0 spiro atoms. The molecule has 8 bridgehead atoms. The smallest absolute Gasteiger partial charge is 0.145 e. The molecule has 0 aliphatic heterocycles. The van der Waals surface area contributed by atoms with Crippen LogP contribution in [0.4, 0.5) is 0 Å². The number of hydrogen-bond donors (Lipinski definition) is 0. The predicted octanol–water partition coefficient (Wildman–Crippen LogP) is 8.60. The van der Waals surface area contributed by atoms with Crippen LogP contribution in [0, 0.1) is 58.2 Å². The molecule has 6 atom stereocenters. The van der Waals surface area contributed by atoms with Gasteiger partial charge in [0.1, 0.15) is 5.78 Å². The van der Waals surface area contributed by atoms with Crippen LogP contribution in [-0.4, -0.2) is 5.78 Å². The van der Waals surface area contributed by atoms with Crippen molar-refractivity contribution >= 4 is 5.78 Å². The van der Waals surface area contributed by atoms with Crippen LogP contribution in [0.5, 0.6) is 0 Å². The summed E-state index contributed by atoms with van der Waals surface area (Å²) in [6.07, 6.45) is 24.9. The summed E-state index contributed by atoms with van der Waals surface area (Å²) in [5.41, 5.74) is 0.217. The maximum absolute atomic E-state index is 15.2. The van der Waals surface area contributed by atoms with Gasteiger partial charge in [0, 0.05) is 10.8 Å². The summed E-state index contributed by atoms with van der Waals surface area (Å²) in [7, 11) is 0. The van der Waals surface area contributed by atoms with Gasteiger partial charge in [-0.05, 0) is 124 Å². The van der Waals surface area contributed by atoms with Gasteiger partial charge in [-0.1, -0.05) is 52.4 Å². The van der Waals surface area contributed by atoms with E-state index in [1.165, 1.54) is 116 Å². The highest BCUT2D eigenvalue weighted by atomic mass is 16.1. The number of carbonyl (C=O) groups excluding carboxylic acids is 1. The average molecular weight is 439 g/mol. The minimum Gasteiger partial charge on any atom is -0.298 e. The molecule has 0 N–H and O–H groups in total. The molecule has 8 fully saturated rings. The fourth-order valence-corrected chi connectivity index (χ4v) is 11.7. The van der Waals surface area contributed by atoms with E-state index in [-0.39, 0.29) is 10.8 Å². The number of carbonyl (C=O) groups is 1. The normalized spacial score (nSPS) is 50.3. The lowest BCUT2D eigenvalue weighted by Gasteiger charge is -2.67. The molecule has 32 heavy (non-hydrogen) atoms. The lowest BCUT2D eigenvalue weighted by atomic mass is 9.36. The molecule has 8 aliphatic carbocycles. The maximum atomic E-state index is 15.2. The van der Waals surface area contributed by atoms with E-state index in [0.29, 0.717) is 0 Å². The van der Waals surface area contributed by atoms with Crippen molar-refractivity contribution in [3.8, 4) is 0 Å². The first-order chi connectivity index (χ1) is 15.6. The monoisotopic (exact) mass is 438 g/mol. The van der Waals surface area contributed by atoms with Gasteiger partial charge in [0.2, 0.25) is 0 Å². The summed E-state index contributed by atoms with van der Waals surface area (Å²) in [4.78, 5) is 15.2. The van der Waals surface area contributed by atoms with Crippen molar-refractivity contribution in [1.82, 2.24) is 0 Å². The third-order valence-corrected chi connectivity index (χ3v) is 12.2. The molecule has 8 saturated carbocycles. The quantitative estimate of drug-likeness (QED) is 0.312. The largest absolute Gasteiger partial charge is 0.298 e. The van der Waals surface area contributed by atoms with Gasteiger partial charge in [-0.2, -0.15) is 0 Å². The van der Waals surface area contributed by atoms with Gasteiger partial charge in [-0.3, -0.25) is 4.79 Å². The van der Waals surface area contributed by atoms with Gasteiger partial charge in [-0.15, -0.1) is 0 Å². The highest BCUT2D eigenvalue weighted by Gasteiger charge is 2.67. The Morgan fingerprint density at radius 3 is 1.31 bits per heavy atom. The second-order valence-electron chi connectivity index (χ2n) is 14.1. The van der Waals surface area contributed by atoms with Crippen molar-refractivity contribution < 1.29 is 4.79 Å². The zero-order valence-electron chi connectivity index (χ0n) is 21.3. The average Bonchev–Trinajstić information content (AvgIpc) is 2.76. The Kier molecular flexibility index (Phi) is 5.82. The van der Waals surface area contributed by atoms with Gasteiger partial charge in [0.25, 0.3) is 0 Å². The Labute approximate surface area is 198 Å². The lowest BCUT2D eigenvalue weighted by Crippen LogP contribution is -2.64. The first-order valence-electron chi connectivity index (χ1n) is 15.1. The van der Waals surface area contributed by atoms with Crippen LogP contribution < -0.4 is 0 Å². The summed E-state index contributed by atoms with van der Waals surface area (Å²) in [6.45, 7) is 4.68. The Balaban J connectivity index is 1.34. The van der Waals surface area contributed by atoms with Crippen LogP contribution in [0.15, 0.2) is 0 Å². The van der Waals surface area contributed by atoms with E-state index in [1.54, 1.807) is 0 Å². The molecule has 0 amide bonds. The van der Waals surface area contributed by atoms with Crippen LogP contribution in [0.2, 0.25) is 0 Å². The lowest BCUT2D eigenvalue weighted by molar-refractivity contribution is -0.191. The minimum absolute atomic E-state index is 0.108. The first-order valence-corrected chi connectivity index (χ1v) is 15.1. The fourth-order valence-electron chi connectivity index (χ4n) is 11.7. The van der Waals surface area contributed by atoms with Gasteiger partial charge >= 0.3 is 0 Å². The molecule has 8 rings (SSSR count). The Hall–Kier alpha value is -0.330. The molecule has 1 nitrogen and oxygen atoms in total. The van der Waals surface area contributed by atoms with E-state index >= 15 is 4.79 Å². The van der Waals surface area contributed by atoms with E-state index < -0.39 is 0 Å². The summed E-state index contributed by atoms with van der Waals surface area (Å²) < 4.78 is 0. The molecule has 180 valence electrons. The van der Waals surface area contributed by atoms with E-state index in [1.807, 2.05) is 0 Å². The highest BCUT2D eigenvalue weighted by molar-refractivity contribution is 5.92. The molecular formula is C31H50O. The third kappa shape index (κ3) is 3.32. The third-order valence-electron chi connectivity index (χ3n) is 12.2. The Morgan fingerprint density at radius 1 is 0.594 bits per heavy atom. The van der Waals surface area contributed by atoms with Crippen LogP contribution in [-0.2, 0) is 4.79 Å². The Bertz CT molecular complexity index is 621. The van der Waals surface area contributed by atoms with E-state index in [4.69, 9.17) is 0 Å². The molecule has 0 aromatic carbocycles. The molecule has 0 heterocycles. The SMILES string of the molecule is CCCCCC1C2CC3CC(C2)CC1(C(=O)C12CC4CC(CC(C4)C1CCCCC)C2)C3. The van der Waals surface area contributed by atoms with Gasteiger partial charge < -0.3 is 0 Å². The topological polar surface area (TPSA) is 17.1 Å². The van der Waals surface area contributed by atoms with Gasteiger partial charge in [0.05, 0.1) is 0 Å². The van der Waals surface area contributed by atoms with Gasteiger partial charge in [0.15, 0.2) is 0 Å². The van der Waals surface area contributed by atoms with Crippen molar-refractivity contribution in [1.29, 1.82) is 0 Å². The summed E-state index contributed by atoms with van der Waals surface area (Å²) >= 11 is 0. The van der Waals surface area contributed by atoms with Crippen molar-refractivity contribution in [3.63, 3.8) is 0 Å². The molecule has 8 aliphatic rings. The molecule has 0 aromatic heterocycles. The number of rotatable bonds is 10. The highest BCUT2D eigenvalue weighted by Crippen LogP contribution is 2.71. The van der Waals surface area contributed by atoms with Crippen molar-refractivity contribution in [3.05, 3.63) is 0 Å². The zero-order chi connectivity index (χ0) is 21.9. The number of unbranched alkanes of at least 4 members (excludes halogenated alkanes) is 4. The first kappa shape index (κ1) is 22.2. The van der Waals surface area contributed by atoms with E-state index in [0.717, 1.165) is 53.1 Å². The van der Waals surface area contributed by atoms with Crippen molar-refractivity contribution in [2.75, 3.05) is 0 Å². The molecule has 6 unspecified atom stereocenters. The number of hydrogen-bond acceptors (Lipinski definition) is 1. The second-order valence-corrected chi connectivity index (χ2v) is 14.1. The predicted molar refractivity (Wildman–Crippen MR) is 132 cm³/mol. The second kappa shape index (κ2) is 8.41. The number of ketones is 1. The fraction of sp³-hybridized carbons (Fsp3) is 0.968. The summed E-state index contributed by atoms with van der Waals surface area (Å²) in [5.74, 6) is 7.77. The van der Waals surface area contributed by atoms with Crippen molar-refractivity contribution in [2.24, 2.45) is 58.2 Å². The molecule has 1 heteroatoms. The van der Waals surface area contributed by atoms with Crippen LogP contribution in [0.3, 0.4) is 0 Å². The maximum Gasteiger partial charge on any atom is 0.145 e. The Morgan fingerprint density at radius 2 is 0.969 bits per heavy atom. The molecular weight excluding hydrogens is 388 g/mol. The van der Waals surface area contributed by atoms with Crippen LogP contribution >= 0.6 is 0 Å². The molecule has 0 aromatic rings. The summed E-state index contributed by atoms with van der Waals surface area (Å²) in [6, 6.07) is 0. The number of Topliss-reactive ketones (excluding diaryl/α,β-unsaturated/α-hetero) is 1.